The maximum absolute atomic E-state index is 9.62. The van der Waals surface area contributed by atoms with Gasteiger partial charge >= 0.3 is 0 Å². The normalized spacial score (nSPS) is 43.0. The molecule has 1 rings (SSSR count). The molecule has 6 heteroatoms. The zero-order valence-electron chi connectivity index (χ0n) is 8.24. The van der Waals surface area contributed by atoms with Crippen molar-refractivity contribution in [3.05, 3.63) is 10.4 Å². The van der Waals surface area contributed by atoms with E-state index < -0.39 is 18.3 Å². The Labute approximate surface area is 82.1 Å². The third-order valence-electron chi connectivity index (χ3n) is 2.72. The van der Waals surface area contributed by atoms with Crippen molar-refractivity contribution in [3.63, 3.8) is 0 Å². The van der Waals surface area contributed by atoms with E-state index in [4.69, 9.17) is 10.3 Å². The molecule has 6 nitrogen and oxygen atoms in total. The number of ether oxygens (including phenoxy) is 1. The van der Waals surface area contributed by atoms with E-state index in [9.17, 15) is 10.2 Å². The average molecular weight is 201 g/mol. The predicted molar refractivity (Wildman–Crippen MR) is 49.5 cm³/mol. The van der Waals surface area contributed by atoms with E-state index in [2.05, 4.69) is 10.0 Å². The molecule has 5 atom stereocenters. The van der Waals surface area contributed by atoms with Crippen LogP contribution < -0.4 is 0 Å². The third-order valence-corrected chi connectivity index (χ3v) is 2.72. The van der Waals surface area contributed by atoms with Crippen LogP contribution in [0.1, 0.15) is 13.8 Å². The summed E-state index contributed by atoms with van der Waals surface area (Å²) in [5, 5.41) is 22.5. The summed E-state index contributed by atoms with van der Waals surface area (Å²) in [4.78, 5) is 2.59. The SMILES string of the molecule is CC1OC(CN=[N+]=[N-])[C@@H](O)[C@H](O)C1C. The number of azide groups is 1. The van der Waals surface area contributed by atoms with Crippen LogP contribution in [-0.2, 0) is 4.74 Å². The van der Waals surface area contributed by atoms with E-state index in [1.165, 1.54) is 0 Å². The number of aliphatic hydroxyl groups excluding tert-OH is 2. The lowest BCUT2D eigenvalue weighted by Gasteiger charge is -2.39. The minimum absolute atomic E-state index is 0.0474. The van der Waals surface area contributed by atoms with E-state index in [0.717, 1.165) is 0 Å². The second-order valence-electron chi connectivity index (χ2n) is 3.63. The fraction of sp³-hybridized carbons (Fsp3) is 1.00. The molecule has 0 radical (unpaired) electrons. The predicted octanol–water partition coefficient (Wildman–Crippen LogP) is 0.442. The summed E-state index contributed by atoms with van der Waals surface area (Å²) in [5.41, 5.74) is 8.13. The van der Waals surface area contributed by atoms with Gasteiger partial charge < -0.3 is 14.9 Å². The molecular weight excluding hydrogens is 186 g/mol. The van der Waals surface area contributed by atoms with Crippen LogP contribution in [0.15, 0.2) is 5.11 Å². The Kier molecular flexibility index (Phi) is 3.71. The molecule has 0 bridgehead atoms. The van der Waals surface area contributed by atoms with Crippen molar-refractivity contribution in [3.8, 4) is 0 Å². The highest BCUT2D eigenvalue weighted by molar-refractivity contribution is 4.89. The lowest BCUT2D eigenvalue weighted by Crippen LogP contribution is -2.53. The molecule has 0 aromatic carbocycles. The molecule has 2 N–H and O–H groups in total. The fourth-order valence-electron chi connectivity index (χ4n) is 1.56. The van der Waals surface area contributed by atoms with Crippen LogP contribution in [0.4, 0.5) is 0 Å². The van der Waals surface area contributed by atoms with Crippen molar-refractivity contribution in [2.24, 2.45) is 11.0 Å². The summed E-state index contributed by atoms with van der Waals surface area (Å²) >= 11 is 0. The molecule has 0 saturated carbocycles. The number of hydrogen-bond donors (Lipinski definition) is 2. The van der Waals surface area contributed by atoms with E-state index in [-0.39, 0.29) is 18.6 Å². The standard InChI is InChI=1S/C8H15N3O3/c1-4-5(2)14-6(3-10-11-9)8(13)7(4)12/h4-8,12-13H,3H2,1-2H3/t4?,5?,6?,7-,8-/m1/s1. The Bertz CT molecular complexity index is 242. The summed E-state index contributed by atoms with van der Waals surface area (Å²) in [6, 6.07) is 0. The van der Waals surface area contributed by atoms with Gasteiger partial charge in [0.15, 0.2) is 0 Å². The Morgan fingerprint density at radius 2 is 2.00 bits per heavy atom. The minimum atomic E-state index is -0.980. The molecule has 1 fully saturated rings. The molecule has 0 amide bonds. The van der Waals surface area contributed by atoms with Gasteiger partial charge in [-0.15, -0.1) is 0 Å². The lowest BCUT2D eigenvalue weighted by molar-refractivity contribution is -0.187. The highest BCUT2D eigenvalue weighted by Gasteiger charge is 2.39. The minimum Gasteiger partial charge on any atom is -0.390 e. The molecule has 14 heavy (non-hydrogen) atoms. The van der Waals surface area contributed by atoms with Gasteiger partial charge in [-0.2, -0.15) is 0 Å². The molecule has 0 spiro atoms. The molecule has 1 aliphatic heterocycles. The zero-order valence-corrected chi connectivity index (χ0v) is 8.24. The second-order valence-corrected chi connectivity index (χ2v) is 3.63. The molecule has 0 aromatic heterocycles. The molecule has 3 unspecified atom stereocenters. The Morgan fingerprint density at radius 1 is 1.36 bits per heavy atom. The Morgan fingerprint density at radius 3 is 2.57 bits per heavy atom. The van der Waals surface area contributed by atoms with Gasteiger partial charge in [-0.1, -0.05) is 12.0 Å². The summed E-state index contributed by atoms with van der Waals surface area (Å²) in [6.45, 7) is 3.68. The van der Waals surface area contributed by atoms with Gasteiger partial charge in [-0.05, 0) is 12.5 Å². The van der Waals surface area contributed by atoms with Crippen LogP contribution >= 0.6 is 0 Å². The van der Waals surface area contributed by atoms with Gasteiger partial charge in [-0.3, -0.25) is 0 Å². The van der Waals surface area contributed by atoms with Crippen LogP contribution in [-0.4, -0.2) is 41.2 Å². The molecular formula is C8H15N3O3. The Balaban J connectivity index is 2.64. The van der Waals surface area contributed by atoms with Crippen molar-refractivity contribution < 1.29 is 14.9 Å². The van der Waals surface area contributed by atoms with Gasteiger partial charge in [-0.25, -0.2) is 0 Å². The zero-order chi connectivity index (χ0) is 10.7. The van der Waals surface area contributed by atoms with Crippen LogP contribution in [0, 0.1) is 5.92 Å². The maximum atomic E-state index is 9.62. The van der Waals surface area contributed by atoms with Crippen molar-refractivity contribution in [1.29, 1.82) is 0 Å². The summed E-state index contributed by atoms with van der Waals surface area (Å²) < 4.78 is 5.41. The quantitative estimate of drug-likeness (QED) is 0.385. The second kappa shape index (κ2) is 4.61. The van der Waals surface area contributed by atoms with Crippen LogP contribution in [0.2, 0.25) is 0 Å². The van der Waals surface area contributed by atoms with Crippen molar-refractivity contribution in [2.75, 3.05) is 6.54 Å². The van der Waals surface area contributed by atoms with Gasteiger partial charge in [0, 0.05) is 10.8 Å². The monoisotopic (exact) mass is 201 g/mol. The van der Waals surface area contributed by atoms with E-state index in [1.54, 1.807) is 0 Å². The van der Waals surface area contributed by atoms with Crippen LogP contribution in [0.25, 0.3) is 10.4 Å². The van der Waals surface area contributed by atoms with Crippen LogP contribution in [0.3, 0.4) is 0 Å². The van der Waals surface area contributed by atoms with Crippen molar-refractivity contribution in [2.45, 2.75) is 38.3 Å². The highest BCUT2D eigenvalue weighted by Crippen LogP contribution is 2.25. The smallest absolute Gasteiger partial charge is 0.106 e. The van der Waals surface area contributed by atoms with Gasteiger partial charge in [0.1, 0.15) is 6.10 Å². The molecule has 80 valence electrons. The molecule has 0 aromatic rings. The van der Waals surface area contributed by atoms with Gasteiger partial charge in [0.2, 0.25) is 0 Å². The highest BCUT2D eigenvalue weighted by atomic mass is 16.5. The van der Waals surface area contributed by atoms with Crippen molar-refractivity contribution in [1.82, 2.24) is 0 Å². The molecule has 1 heterocycles. The summed E-state index contributed by atoms with van der Waals surface area (Å²) in [5.74, 6) is -0.118. The Hall–Kier alpha value is -0.810. The van der Waals surface area contributed by atoms with Crippen molar-refractivity contribution >= 4 is 0 Å². The molecule has 1 aliphatic rings. The number of aliphatic hydroxyl groups is 2. The topological polar surface area (TPSA) is 98.5 Å². The van der Waals surface area contributed by atoms with E-state index in [1.807, 2.05) is 13.8 Å². The molecule has 0 aliphatic carbocycles. The number of hydrogen-bond acceptors (Lipinski definition) is 4. The third kappa shape index (κ3) is 2.16. The first-order valence-corrected chi connectivity index (χ1v) is 4.60. The first kappa shape index (κ1) is 11.3. The summed E-state index contributed by atoms with van der Waals surface area (Å²) in [7, 11) is 0. The first-order valence-electron chi connectivity index (χ1n) is 4.60. The van der Waals surface area contributed by atoms with E-state index >= 15 is 0 Å². The fourth-order valence-corrected chi connectivity index (χ4v) is 1.56. The average Bonchev–Trinajstić information content (AvgIpc) is 2.18. The lowest BCUT2D eigenvalue weighted by atomic mass is 9.89. The largest absolute Gasteiger partial charge is 0.390 e. The van der Waals surface area contributed by atoms with Gasteiger partial charge in [0.05, 0.1) is 24.9 Å². The number of rotatable bonds is 2. The maximum Gasteiger partial charge on any atom is 0.106 e. The van der Waals surface area contributed by atoms with E-state index in [0.29, 0.717) is 0 Å². The first-order chi connectivity index (χ1) is 6.57. The molecule has 1 saturated heterocycles. The summed E-state index contributed by atoms with van der Waals surface area (Å²) in [6.07, 6.45) is -2.55. The number of nitrogens with zero attached hydrogens (tertiary/aromatic N) is 3. The van der Waals surface area contributed by atoms with Gasteiger partial charge in [0.25, 0.3) is 0 Å². The van der Waals surface area contributed by atoms with Crippen LogP contribution in [0.5, 0.6) is 0 Å².